The summed E-state index contributed by atoms with van der Waals surface area (Å²) in [4.78, 5) is 0. The van der Waals surface area contributed by atoms with Gasteiger partial charge < -0.3 is 10.5 Å². The van der Waals surface area contributed by atoms with Crippen LogP contribution in [0.3, 0.4) is 0 Å². The molecule has 1 unspecified atom stereocenters. The van der Waals surface area contributed by atoms with Crippen LogP contribution in [0.2, 0.25) is 0 Å². The molecule has 19 heavy (non-hydrogen) atoms. The van der Waals surface area contributed by atoms with Crippen LogP contribution >= 0.6 is 15.9 Å². The van der Waals surface area contributed by atoms with E-state index in [1.165, 1.54) is 0 Å². The molecule has 4 heteroatoms. The lowest BCUT2D eigenvalue weighted by Gasteiger charge is -2.16. The van der Waals surface area contributed by atoms with Crippen LogP contribution in [0.1, 0.15) is 22.7 Å². The van der Waals surface area contributed by atoms with Crippen LogP contribution in [0, 0.1) is 12.7 Å². The first kappa shape index (κ1) is 14.0. The number of hydrogen-bond acceptors (Lipinski definition) is 2. The Balaban J connectivity index is 2.44. The van der Waals surface area contributed by atoms with Gasteiger partial charge >= 0.3 is 0 Å². The normalized spacial score (nSPS) is 12.3. The Labute approximate surface area is 120 Å². The highest BCUT2D eigenvalue weighted by molar-refractivity contribution is 9.10. The minimum absolute atomic E-state index is 0.252. The number of nitrogens with two attached hydrogens (primary N) is 1. The fraction of sp³-hybridized carbons (Fsp3) is 0.200. The van der Waals surface area contributed by atoms with Crippen molar-refractivity contribution in [2.24, 2.45) is 5.73 Å². The van der Waals surface area contributed by atoms with Crippen molar-refractivity contribution in [3.63, 3.8) is 0 Å². The number of hydrogen-bond donors (Lipinski definition) is 1. The summed E-state index contributed by atoms with van der Waals surface area (Å²) >= 11 is 3.45. The molecule has 0 aliphatic carbocycles. The van der Waals surface area contributed by atoms with Gasteiger partial charge in [-0.3, -0.25) is 0 Å². The van der Waals surface area contributed by atoms with Crippen LogP contribution < -0.4 is 10.5 Å². The molecular weight excluding hydrogens is 309 g/mol. The first-order chi connectivity index (χ1) is 9.04. The van der Waals surface area contributed by atoms with E-state index in [0.29, 0.717) is 11.1 Å². The van der Waals surface area contributed by atoms with Crippen LogP contribution in [0.5, 0.6) is 5.75 Å². The van der Waals surface area contributed by atoms with E-state index in [4.69, 9.17) is 10.5 Å². The largest absolute Gasteiger partial charge is 0.497 e. The minimum atomic E-state index is -0.514. The molecule has 0 amide bonds. The SMILES string of the molecule is COc1ccc(C(N)c2cccc(C)c2F)c(Br)c1. The van der Waals surface area contributed by atoms with Gasteiger partial charge in [-0.2, -0.15) is 0 Å². The standard InChI is InChI=1S/C15H15BrFNO/c1-9-4-3-5-12(14(9)17)15(18)11-7-6-10(19-2)8-13(11)16/h3-8,15H,18H2,1-2H3. The average Bonchev–Trinajstić information content (AvgIpc) is 2.41. The third-order valence-electron chi connectivity index (χ3n) is 3.10. The zero-order valence-electron chi connectivity index (χ0n) is 10.8. The molecule has 0 spiro atoms. The second-order valence-electron chi connectivity index (χ2n) is 4.34. The zero-order chi connectivity index (χ0) is 14.0. The Bertz CT molecular complexity index is 601. The highest BCUT2D eigenvalue weighted by atomic mass is 79.9. The molecule has 2 nitrogen and oxygen atoms in total. The fourth-order valence-corrected chi connectivity index (χ4v) is 2.57. The Kier molecular flexibility index (Phi) is 4.22. The van der Waals surface area contributed by atoms with Gasteiger partial charge in [0.05, 0.1) is 13.2 Å². The summed E-state index contributed by atoms with van der Waals surface area (Å²) in [5.74, 6) is 0.477. The monoisotopic (exact) mass is 323 g/mol. The van der Waals surface area contributed by atoms with Crippen molar-refractivity contribution in [3.8, 4) is 5.75 Å². The van der Waals surface area contributed by atoms with Crippen LogP contribution in [0.15, 0.2) is 40.9 Å². The lowest BCUT2D eigenvalue weighted by molar-refractivity contribution is 0.414. The first-order valence-electron chi connectivity index (χ1n) is 5.88. The molecule has 0 aliphatic heterocycles. The van der Waals surface area contributed by atoms with Crippen molar-refractivity contribution in [2.45, 2.75) is 13.0 Å². The lowest BCUT2D eigenvalue weighted by atomic mass is 9.97. The molecule has 2 aromatic carbocycles. The van der Waals surface area contributed by atoms with Gasteiger partial charge in [0.25, 0.3) is 0 Å². The lowest BCUT2D eigenvalue weighted by Crippen LogP contribution is -2.14. The van der Waals surface area contributed by atoms with Gasteiger partial charge in [-0.1, -0.05) is 40.2 Å². The minimum Gasteiger partial charge on any atom is -0.497 e. The Morgan fingerprint density at radius 3 is 2.58 bits per heavy atom. The summed E-state index contributed by atoms with van der Waals surface area (Å²) in [5, 5.41) is 0. The van der Waals surface area contributed by atoms with Crippen LogP contribution in [0.25, 0.3) is 0 Å². The van der Waals surface area contributed by atoms with Gasteiger partial charge in [0.1, 0.15) is 11.6 Å². The van der Waals surface area contributed by atoms with Crippen molar-refractivity contribution >= 4 is 15.9 Å². The number of benzene rings is 2. The molecule has 0 fully saturated rings. The third kappa shape index (κ3) is 2.80. The van der Waals surface area contributed by atoms with Crippen molar-refractivity contribution in [3.05, 3.63) is 63.4 Å². The summed E-state index contributed by atoms with van der Waals surface area (Å²) < 4.78 is 20.0. The topological polar surface area (TPSA) is 35.2 Å². The molecule has 1 atom stereocenters. The van der Waals surface area contributed by atoms with Crippen LogP contribution in [-0.2, 0) is 0 Å². The second-order valence-corrected chi connectivity index (χ2v) is 5.20. The van der Waals surface area contributed by atoms with Gasteiger partial charge in [-0.25, -0.2) is 4.39 Å². The molecule has 2 rings (SSSR count). The maximum atomic E-state index is 14.1. The van der Waals surface area contributed by atoms with Crippen LogP contribution in [0.4, 0.5) is 4.39 Å². The molecule has 0 saturated heterocycles. The number of methoxy groups -OCH3 is 1. The Morgan fingerprint density at radius 2 is 1.95 bits per heavy atom. The van der Waals surface area contributed by atoms with E-state index >= 15 is 0 Å². The average molecular weight is 324 g/mol. The molecule has 0 aliphatic rings. The summed E-state index contributed by atoms with van der Waals surface area (Å²) in [6.45, 7) is 1.73. The Morgan fingerprint density at radius 1 is 1.21 bits per heavy atom. The molecule has 100 valence electrons. The van der Waals surface area contributed by atoms with E-state index in [1.54, 1.807) is 26.2 Å². The summed E-state index contributed by atoms with van der Waals surface area (Å²) in [6.07, 6.45) is 0. The second kappa shape index (κ2) is 5.72. The van der Waals surface area contributed by atoms with Crippen molar-refractivity contribution < 1.29 is 9.13 Å². The van der Waals surface area contributed by atoms with E-state index in [1.807, 2.05) is 24.3 Å². The van der Waals surface area contributed by atoms with Crippen molar-refractivity contribution in [2.75, 3.05) is 7.11 Å². The summed E-state index contributed by atoms with van der Waals surface area (Å²) in [7, 11) is 1.60. The molecule has 2 aromatic rings. The number of rotatable bonds is 3. The van der Waals surface area contributed by atoms with Gasteiger partial charge in [-0.05, 0) is 30.2 Å². The maximum Gasteiger partial charge on any atom is 0.131 e. The van der Waals surface area contributed by atoms with E-state index in [-0.39, 0.29) is 5.82 Å². The van der Waals surface area contributed by atoms with Crippen molar-refractivity contribution in [1.82, 2.24) is 0 Å². The van der Waals surface area contributed by atoms with E-state index in [0.717, 1.165) is 15.8 Å². The Hall–Kier alpha value is -1.39. The van der Waals surface area contributed by atoms with Gasteiger partial charge in [0, 0.05) is 10.0 Å². The summed E-state index contributed by atoms with van der Waals surface area (Å²) in [6, 6.07) is 10.2. The zero-order valence-corrected chi connectivity index (χ0v) is 12.4. The smallest absolute Gasteiger partial charge is 0.131 e. The van der Waals surface area contributed by atoms with E-state index < -0.39 is 6.04 Å². The number of ether oxygens (including phenoxy) is 1. The predicted molar refractivity (Wildman–Crippen MR) is 77.9 cm³/mol. The molecule has 0 bridgehead atoms. The van der Waals surface area contributed by atoms with Gasteiger partial charge in [0.15, 0.2) is 0 Å². The highest BCUT2D eigenvalue weighted by Gasteiger charge is 2.17. The highest BCUT2D eigenvalue weighted by Crippen LogP contribution is 2.31. The van der Waals surface area contributed by atoms with Crippen molar-refractivity contribution in [1.29, 1.82) is 0 Å². The molecule has 2 N–H and O–H groups in total. The molecule has 0 aromatic heterocycles. The third-order valence-corrected chi connectivity index (χ3v) is 3.79. The molecule has 0 saturated carbocycles. The predicted octanol–water partition coefficient (Wildman–Crippen LogP) is 3.95. The number of halogens is 2. The molecule has 0 heterocycles. The number of aryl methyl sites for hydroxylation is 1. The first-order valence-corrected chi connectivity index (χ1v) is 6.68. The molecular formula is C15H15BrFNO. The van der Waals surface area contributed by atoms with Crippen LogP contribution in [-0.4, -0.2) is 7.11 Å². The quantitative estimate of drug-likeness (QED) is 0.928. The van der Waals surface area contributed by atoms with Gasteiger partial charge in [0.2, 0.25) is 0 Å². The summed E-state index contributed by atoms with van der Waals surface area (Å²) in [5.41, 5.74) is 8.08. The van der Waals surface area contributed by atoms with E-state index in [2.05, 4.69) is 15.9 Å². The fourth-order valence-electron chi connectivity index (χ4n) is 1.96. The van der Waals surface area contributed by atoms with E-state index in [9.17, 15) is 4.39 Å². The van der Waals surface area contributed by atoms with Gasteiger partial charge in [-0.15, -0.1) is 0 Å². The molecule has 0 radical (unpaired) electrons. The maximum absolute atomic E-state index is 14.1.